The second-order valence-electron chi connectivity index (χ2n) is 5.97. The van der Waals surface area contributed by atoms with Gasteiger partial charge in [0.15, 0.2) is 0 Å². The zero-order valence-corrected chi connectivity index (χ0v) is 16.7. The van der Waals surface area contributed by atoms with Crippen LogP contribution in [0.25, 0.3) is 0 Å². The maximum atomic E-state index is 13.0. The second kappa shape index (κ2) is 8.75. The van der Waals surface area contributed by atoms with Crippen molar-refractivity contribution in [2.45, 2.75) is 18.7 Å². The summed E-state index contributed by atoms with van der Waals surface area (Å²) in [5.74, 6) is 1.36. The molecule has 3 rings (SSSR count). The lowest BCUT2D eigenvalue weighted by Gasteiger charge is -2.22. The Labute approximate surface area is 165 Å². The Hall–Kier alpha value is -3.06. The van der Waals surface area contributed by atoms with Gasteiger partial charge in [0.05, 0.1) is 12.3 Å². The molecule has 146 valence electrons. The first-order chi connectivity index (χ1) is 13.5. The third kappa shape index (κ3) is 4.43. The predicted octanol–water partition coefficient (Wildman–Crippen LogP) is 4.44. The fraction of sp³-hybridized carbons (Fsp3) is 0.190. The van der Waals surface area contributed by atoms with Gasteiger partial charge in [0.25, 0.3) is 10.0 Å². The summed E-state index contributed by atoms with van der Waals surface area (Å²) in [5, 5.41) is 3.15. The van der Waals surface area contributed by atoms with Gasteiger partial charge in [-0.2, -0.15) is 0 Å². The van der Waals surface area contributed by atoms with E-state index < -0.39 is 10.0 Å². The van der Waals surface area contributed by atoms with Crippen LogP contribution in [0, 0.1) is 0 Å². The molecule has 0 aliphatic heterocycles. The van der Waals surface area contributed by atoms with E-state index in [9.17, 15) is 8.42 Å². The van der Waals surface area contributed by atoms with Gasteiger partial charge in [-0.3, -0.25) is 4.31 Å². The van der Waals surface area contributed by atoms with Crippen molar-refractivity contribution < 1.29 is 13.2 Å². The number of hydrogen-bond acceptors (Lipinski definition) is 5. The fourth-order valence-electron chi connectivity index (χ4n) is 2.77. The zero-order chi connectivity index (χ0) is 20.0. The summed E-state index contributed by atoms with van der Waals surface area (Å²) in [6.45, 7) is 4.68. The topological polar surface area (TPSA) is 71.5 Å². The fourth-order valence-corrected chi connectivity index (χ4v) is 4.19. The Morgan fingerprint density at radius 2 is 1.68 bits per heavy atom. The number of pyridine rings is 1. The van der Waals surface area contributed by atoms with Crippen molar-refractivity contribution in [2.24, 2.45) is 0 Å². The molecule has 0 fully saturated rings. The van der Waals surface area contributed by atoms with Crippen molar-refractivity contribution in [2.75, 3.05) is 22.8 Å². The van der Waals surface area contributed by atoms with E-state index in [1.165, 1.54) is 10.5 Å². The lowest BCUT2D eigenvalue weighted by Crippen LogP contribution is -2.30. The van der Waals surface area contributed by atoms with Gasteiger partial charge < -0.3 is 10.1 Å². The standard InChI is InChI=1S/C21H23N3O3S/c1-3-24(18-8-6-5-7-9-18)28(25,26)20-14-15-21(22-16-20)23-17-10-12-19(13-11-17)27-4-2/h5-16H,3-4H2,1-2H3,(H,22,23). The highest BCUT2D eigenvalue weighted by Crippen LogP contribution is 2.24. The highest BCUT2D eigenvalue weighted by atomic mass is 32.2. The molecule has 6 nitrogen and oxygen atoms in total. The molecule has 0 saturated carbocycles. The molecular weight excluding hydrogens is 374 g/mol. The molecule has 0 aliphatic carbocycles. The van der Waals surface area contributed by atoms with Crippen LogP contribution in [0.2, 0.25) is 0 Å². The summed E-state index contributed by atoms with van der Waals surface area (Å²) < 4.78 is 32.8. The van der Waals surface area contributed by atoms with E-state index in [-0.39, 0.29) is 4.90 Å². The molecule has 0 atom stereocenters. The number of aromatic nitrogens is 1. The molecule has 0 amide bonds. The van der Waals surface area contributed by atoms with Crippen molar-refractivity contribution in [1.82, 2.24) is 4.98 Å². The molecule has 28 heavy (non-hydrogen) atoms. The summed E-state index contributed by atoms with van der Waals surface area (Å²) in [6, 6.07) is 19.7. The van der Waals surface area contributed by atoms with Gasteiger partial charge in [0.2, 0.25) is 0 Å². The van der Waals surface area contributed by atoms with Crippen LogP contribution >= 0.6 is 0 Å². The molecule has 0 aliphatic rings. The van der Waals surface area contributed by atoms with Gasteiger partial charge in [-0.05, 0) is 62.4 Å². The lowest BCUT2D eigenvalue weighted by atomic mass is 10.3. The smallest absolute Gasteiger partial charge is 0.265 e. The monoisotopic (exact) mass is 397 g/mol. The Morgan fingerprint density at radius 1 is 0.964 bits per heavy atom. The number of rotatable bonds is 8. The van der Waals surface area contributed by atoms with Crippen LogP contribution in [0.1, 0.15) is 13.8 Å². The molecule has 0 saturated heterocycles. The molecular formula is C21H23N3O3S. The van der Waals surface area contributed by atoms with Crippen LogP contribution in [0.4, 0.5) is 17.2 Å². The third-order valence-corrected chi connectivity index (χ3v) is 5.98. The minimum Gasteiger partial charge on any atom is -0.494 e. The van der Waals surface area contributed by atoms with Crippen molar-refractivity contribution in [3.63, 3.8) is 0 Å². The molecule has 0 radical (unpaired) electrons. The van der Waals surface area contributed by atoms with Crippen molar-refractivity contribution in [3.05, 3.63) is 72.9 Å². The number of para-hydroxylation sites is 1. The van der Waals surface area contributed by atoms with Crippen LogP contribution in [0.15, 0.2) is 77.8 Å². The van der Waals surface area contributed by atoms with Gasteiger partial charge in [0, 0.05) is 18.4 Å². The normalized spacial score (nSPS) is 11.1. The number of benzene rings is 2. The van der Waals surface area contributed by atoms with Crippen LogP contribution in [-0.2, 0) is 10.0 Å². The first-order valence-electron chi connectivity index (χ1n) is 9.08. The minimum atomic E-state index is -3.68. The highest BCUT2D eigenvalue weighted by Gasteiger charge is 2.23. The van der Waals surface area contributed by atoms with Gasteiger partial charge in [-0.25, -0.2) is 13.4 Å². The van der Waals surface area contributed by atoms with E-state index >= 15 is 0 Å². The van der Waals surface area contributed by atoms with Crippen LogP contribution in [0.3, 0.4) is 0 Å². The van der Waals surface area contributed by atoms with Gasteiger partial charge in [0.1, 0.15) is 16.5 Å². The van der Waals surface area contributed by atoms with E-state index in [1.807, 2.05) is 49.4 Å². The molecule has 0 spiro atoms. The molecule has 1 N–H and O–H groups in total. The number of ether oxygens (including phenoxy) is 1. The van der Waals surface area contributed by atoms with Crippen molar-refractivity contribution in [3.8, 4) is 5.75 Å². The number of anilines is 3. The Kier molecular flexibility index (Phi) is 6.16. The van der Waals surface area contributed by atoms with Gasteiger partial charge in [-0.1, -0.05) is 18.2 Å². The van der Waals surface area contributed by atoms with Gasteiger partial charge in [-0.15, -0.1) is 0 Å². The maximum absolute atomic E-state index is 13.0. The molecule has 1 heterocycles. The van der Waals surface area contributed by atoms with Crippen LogP contribution in [-0.4, -0.2) is 26.6 Å². The first-order valence-corrected chi connectivity index (χ1v) is 10.5. The largest absolute Gasteiger partial charge is 0.494 e. The summed E-state index contributed by atoms with van der Waals surface area (Å²) in [6.07, 6.45) is 1.37. The van der Waals surface area contributed by atoms with Crippen molar-refractivity contribution in [1.29, 1.82) is 0 Å². The third-order valence-electron chi connectivity index (χ3n) is 4.09. The average Bonchev–Trinajstić information content (AvgIpc) is 2.71. The van der Waals surface area contributed by atoms with Crippen molar-refractivity contribution >= 4 is 27.2 Å². The summed E-state index contributed by atoms with van der Waals surface area (Å²) in [5.41, 5.74) is 1.47. The molecule has 2 aromatic carbocycles. The van der Waals surface area contributed by atoms with Crippen LogP contribution < -0.4 is 14.4 Å². The van der Waals surface area contributed by atoms with Gasteiger partial charge >= 0.3 is 0 Å². The maximum Gasteiger partial charge on any atom is 0.265 e. The second-order valence-corrected chi connectivity index (χ2v) is 7.83. The van der Waals surface area contributed by atoms with E-state index in [4.69, 9.17) is 4.74 Å². The zero-order valence-electron chi connectivity index (χ0n) is 15.9. The average molecular weight is 398 g/mol. The summed E-state index contributed by atoms with van der Waals surface area (Å²) in [4.78, 5) is 4.41. The SMILES string of the molecule is CCOc1ccc(Nc2ccc(S(=O)(=O)N(CC)c3ccccc3)cn2)cc1. The Bertz CT molecular complexity index is 989. The lowest BCUT2D eigenvalue weighted by molar-refractivity contribution is 0.340. The highest BCUT2D eigenvalue weighted by molar-refractivity contribution is 7.92. The Morgan fingerprint density at radius 3 is 2.25 bits per heavy atom. The summed E-state index contributed by atoms with van der Waals surface area (Å²) in [7, 11) is -3.68. The molecule has 0 unspecified atom stereocenters. The quantitative estimate of drug-likeness (QED) is 0.608. The number of nitrogens with one attached hydrogen (secondary N) is 1. The predicted molar refractivity (Wildman–Crippen MR) is 112 cm³/mol. The first kappa shape index (κ1) is 19.7. The summed E-state index contributed by atoms with van der Waals surface area (Å²) >= 11 is 0. The van der Waals surface area contributed by atoms with E-state index in [1.54, 1.807) is 31.2 Å². The molecule has 7 heteroatoms. The molecule has 1 aromatic heterocycles. The minimum absolute atomic E-state index is 0.149. The number of hydrogen-bond donors (Lipinski definition) is 1. The number of sulfonamides is 1. The number of nitrogens with zero attached hydrogens (tertiary/aromatic N) is 2. The van der Waals surface area contributed by atoms with E-state index in [0.717, 1.165) is 11.4 Å². The Balaban J connectivity index is 1.77. The van der Waals surface area contributed by atoms with E-state index in [2.05, 4.69) is 10.3 Å². The molecule has 3 aromatic rings. The molecule has 0 bridgehead atoms. The van der Waals surface area contributed by atoms with E-state index in [0.29, 0.717) is 24.7 Å². The van der Waals surface area contributed by atoms with Crippen LogP contribution in [0.5, 0.6) is 5.75 Å².